The molecule has 13 heavy (non-hydrogen) atoms. The number of halogens is 1. The Morgan fingerprint density at radius 3 is 3.00 bits per heavy atom. The lowest BCUT2D eigenvalue weighted by Crippen LogP contribution is -1.94. The lowest BCUT2D eigenvalue weighted by molar-refractivity contribution is 0.613. The molecule has 5 nitrogen and oxygen atoms in total. The van der Waals surface area contributed by atoms with Crippen LogP contribution in [-0.4, -0.2) is 9.97 Å². The summed E-state index contributed by atoms with van der Waals surface area (Å²) in [6.07, 6.45) is 1.27. The van der Waals surface area contributed by atoms with E-state index in [9.17, 15) is 0 Å². The van der Waals surface area contributed by atoms with Crippen LogP contribution in [0.15, 0.2) is 10.7 Å². The van der Waals surface area contributed by atoms with Gasteiger partial charge in [0.25, 0.3) is 0 Å². The van der Waals surface area contributed by atoms with Gasteiger partial charge in [-0.2, -0.15) is 10.2 Å². The van der Waals surface area contributed by atoms with Crippen molar-refractivity contribution in [2.75, 3.05) is 5.73 Å². The standard InChI is InChI=1S/C7H3ClN4O/c8-6-5-4(11-7(10)12-6)3(1-9)2-13-5/h2H,(H2,10,11,12). The van der Waals surface area contributed by atoms with Crippen LogP contribution >= 0.6 is 11.6 Å². The average Bonchev–Trinajstić information content (AvgIpc) is 2.47. The lowest BCUT2D eigenvalue weighted by Gasteiger charge is -1.93. The van der Waals surface area contributed by atoms with Crippen LogP contribution in [0.4, 0.5) is 5.95 Å². The molecule has 0 spiro atoms. The number of hydrogen-bond acceptors (Lipinski definition) is 5. The minimum atomic E-state index is 0.0235. The third-order valence-electron chi connectivity index (χ3n) is 1.51. The lowest BCUT2D eigenvalue weighted by atomic mass is 10.3. The molecule has 0 aliphatic heterocycles. The molecule has 0 bridgehead atoms. The van der Waals surface area contributed by atoms with Gasteiger partial charge in [0.05, 0.1) is 0 Å². The number of hydrogen-bond donors (Lipinski definition) is 1. The molecule has 2 aromatic heterocycles. The number of nitrogen functional groups attached to an aromatic ring is 1. The Labute approximate surface area is 77.7 Å². The van der Waals surface area contributed by atoms with E-state index in [2.05, 4.69) is 9.97 Å². The molecular weight excluding hydrogens is 192 g/mol. The molecule has 64 valence electrons. The Balaban J connectivity index is 2.92. The van der Waals surface area contributed by atoms with Crippen LogP contribution in [0.1, 0.15) is 5.56 Å². The largest absolute Gasteiger partial charge is 0.458 e. The zero-order valence-electron chi connectivity index (χ0n) is 6.28. The Kier molecular flexibility index (Phi) is 1.57. The third-order valence-corrected chi connectivity index (χ3v) is 1.77. The molecule has 0 radical (unpaired) electrons. The van der Waals surface area contributed by atoms with E-state index >= 15 is 0 Å². The Hall–Kier alpha value is -1.80. The highest BCUT2D eigenvalue weighted by Crippen LogP contribution is 2.24. The van der Waals surface area contributed by atoms with Crippen molar-refractivity contribution in [1.29, 1.82) is 5.26 Å². The number of furan rings is 1. The van der Waals surface area contributed by atoms with Crippen molar-refractivity contribution in [1.82, 2.24) is 9.97 Å². The minimum Gasteiger partial charge on any atom is -0.458 e. The van der Waals surface area contributed by atoms with Gasteiger partial charge in [-0.05, 0) is 0 Å². The maximum Gasteiger partial charge on any atom is 0.222 e. The van der Waals surface area contributed by atoms with E-state index in [1.54, 1.807) is 0 Å². The van der Waals surface area contributed by atoms with E-state index in [0.717, 1.165) is 0 Å². The normalized spacial score (nSPS) is 10.2. The predicted octanol–water partition coefficient (Wildman–Crippen LogP) is 1.33. The van der Waals surface area contributed by atoms with E-state index in [1.165, 1.54) is 6.26 Å². The van der Waals surface area contributed by atoms with Crippen LogP contribution in [-0.2, 0) is 0 Å². The number of fused-ring (bicyclic) bond motifs is 1. The van der Waals surface area contributed by atoms with Gasteiger partial charge in [0.1, 0.15) is 23.4 Å². The van der Waals surface area contributed by atoms with Gasteiger partial charge in [-0.3, -0.25) is 0 Å². The third kappa shape index (κ3) is 1.08. The maximum absolute atomic E-state index is 8.65. The molecular formula is C7H3ClN4O. The molecule has 0 aliphatic carbocycles. The van der Waals surface area contributed by atoms with Crippen molar-refractivity contribution in [3.05, 3.63) is 17.0 Å². The SMILES string of the molecule is N#Cc1coc2c(Cl)nc(N)nc12. The summed E-state index contributed by atoms with van der Waals surface area (Å²) in [6, 6.07) is 1.91. The number of nitrogens with zero attached hydrogens (tertiary/aromatic N) is 3. The second-order valence-corrected chi connectivity index (χ2v) is 2.67. The number of anilines is 1. The predicted molar refractivity (Wildman–Crippen MR) is 45.9 cm³/mol. The fraction of sp³-hybridized carbons (Fsp3) is 0. The van der Waals surface area contributed by atoms with E-state index in [4.69, 9.17) is 27.0 Å². The molecule has 6 heteroatoms. The van der Waals surface area contributed by atoms with Gasteiger partial charge in [-0.1, -0.05) is 11.6 Å². The molecule has 0 atom stereocenters. The second kappa shape index (κ2) is 2.61. The van der Waals surface area contributed by atoms with Gasteiger partial charge in [0.2, 0.25) is 5.95 Å². The molecule has 0 fully saturated rings. The first kappa shape index (κ1) is 7.83. The first-order chi connectivity index (χ1) is 6.22. The first-order valence-electron chi connectivity index (χ1n) is 3.32. The highest BCUT2D eigenvalue weighted by molar-refractivity contribution is 6.33. The van der Waals surface area contributed by atoms with Gasteiger partial charge in [-0.15, -0.1) is 0 Å². The van der Waals surface area contributed by atoms with Crippen LogP contribution in [0.5, 0.6) is 0 Å². The maximum atomic E-state index is 8.65. The van der Waals surface area contributed by atoms with Crippen LogP contribution in [0.2, 0.25) is 5.15 Å². The number of aromatic nitrogens is 2. The zero-order chi connectivity index (χ0) is 9.42. The Morgan fingerprint density at radius 2 is 2.31 bits per heavy atom. The fourth-order valence-electron chi connectivity index (χ4n) is 0.979. The van der Waals surface area contributed by atoms with Gasteiger partial charge in [-0.25, -0.2) is 4.98 Å². The smallest absolute Gasteiger partial charge is 0.222 e. The van der Waals surface area contributed by atoms with E-state index in [0.29, 0.717) is 11.1 Å². The summed E-state index contributed by atoms with van der Waals surface area (Å²) >= 11 is 5.70. The van der Waals surface area contributed by atoms with Gasteiger partial charge in [0.15, 0.2) is 10.7 Å². The van der Waals surface area contributed by atoms with Crippen molar-refractivity contribution >= 4 is 28.6 Å². The summed E-state index contributed by atoms with van der Waals surface area (Å²) in [6.45, 7) is 0. The van der Waals surface area contributed by atoms with E-state index < -0.39 is 0 Å². The summed E-state index contributed by atoms with van der Waals surface area (Å²) in [7, 11) is 0. The van der Waals surface area contributed by atoms with Crippen molar-refractivity contribution < 1.29 is 4.42 Å². The molecule has 2 N–H and O–H groups in total. The van der Waals surface area contributed by atoms with E-state index in [-0.39, 0.29) is 16.7 Å². The monoisotopic (exact) mass is 194 g/mol. The molecule has 0 aromatic carbocycles. The van der Waals surface area contributed by atoms with Crippen molar-refractivity contribution in [2.24, 2.45) is 0 Å². The zero-order valence-corrected chi connectivity index (χ0v) is 7.04. The average molecular weight is 195 g/mol. The topological polar surface area (TPSA) is 88.7 Å². The highest BCUT2D eigenvalue weighted by Gasteiger charge is 2.12. The molecule has 0 unspecified atom stereocenters. The summed E-state index contributed by atoms with van der Waals surface area (Å²) < 4.78 is 4.99. The highest BCUT2D eigenvalue weighted by atomic mass is 35.5. The summed E-state index contributed by atoms with van der Waals surface area (Å²) in [5, 5.41) is 8.77. The molecule has 0 aliphatic rings. The van der Waals surface area contributed by atoms with E-state index in [1.807, 2.05) is 6.07 Å². The van der Waals surface area contributed by atoms with Crippen LogP contribution in [0.3, 0.4) is 0 Å². The fourth-order valence-corrected chi connectivity index (χ4v) is 1.20. The Morgan fingerprint density at radius 1 is 1.54 bits per heavy atom. The first-order valence-corrected chi connectivity index (χ1v) is 3.70. The minimum absolute atomic E-state index is 0.0235. The summed E-state index contributed by atoms with van der Waals surface area (Å²) in [5.74, 6) is 0.0235. The molecule has 2 aromatic rings. The molecule has 0 saturated carbocycles. The van der Waals surface area contributed by atoms with Crippen molar-refractivity contribution in [3.63, 3.8) is 0 Å². The quantitative estimate of drug-likeness (QED) is 0.639. The number of rotatable bonds is 0. The van der Waals surface area contributed by atoms with Crippen LogP contribution in [0, 0.1) is 11.3 Å². The van der Waals surface area contributed by atoms with Gasteiger partial charge in [0, 0.05) is 0 Å². The Bertz CT molecular complexity index is 513. The van der Waals surface area contributed by atoms with Crippen LogP contribution < -0.4 is 5.73 Å². The molecule has 2 rings (SSSR count). The van der Waals surface area contributed by atoms with Gasteiger partial charge < -0.3 is 10.2 Å². The van der Waals surface area contributed by atoms with Crippen LogP contribution in [0.25, 0.3) is 11.1 Å². The van der Waals surface area contributed by atoms with Crippen molar-refractivity contribution in [3.8, 4) is 6.07 Å². The summed E-state index contributed by atoms with van der Waals surface area (Å²) in [4.78, 5) is 7.51. The molecule has 0 amide bonds. The van der Waals surface area contributed by atoms with Crippen molar-refractivity contribution in [2.45, 2.75) is 0 Å². The second-order valence-electron chi connectivity index (χ2n) is 2.31. The number of nitriles is 1. The number of nitrogens with two attached hydrogens (primary N) is 1. The van der Waals surface area contributed by atoms with Gasteiger partial charge >= 0.3 is 0 Å². The molecule has 2 heterocycles. The summed E-state index contributed by atoms with van der Waals surface area (Å²) in [5.41, 5.74) is 6.28. The molecule has 0 saturated heterocycles.